The second-order valence-electron chi connectivity index (χ2n) is 20.1. The van der Waals surface area contributed by atoms with Gasteiger partial charge in [0.05, 0.1) is 37.8 Å². The van der Waals surface area contributed by atoms with E-state index in [1.165, 1.54) is 7.11 Å². The number of ketones is 2. The minimum atomic E-state index is -0.791. The maximum absolute atomic E-state index is 14.9. The predicted molar refractivity (Wildman–Crippen MR) is 260 cm³/mol. The Morgan fingerprint density at radius 3 is 2.42 bits per heavy atom. The Labute approximate surface area is 392 Å². The highest BCUT2D eigenvalue weighted by molar-refractivity contribution is 6.00. The molecule has 0 spiro atoms. The number of carbonyl (C=O) groups is 2. The summed E-state index contributed by atoms with van der Waals surface area (Å²) in [7, 11) is 1.51. The van der Waals surface area contributed by atoms with Gasteiger partial charge in [0.2, 0.25) is 0 Å². The number of aliphatic imine (C=N–C) groups is 1. The number of pyridine rings is 1. The van der Waals surface area contributed by atoms with E-state index in [2.05, 4.69) is 36.7 Å². The van der Waals surface area contributed by atoms with E-state index < -0.39 is 35.6 Å². The first-order valence-electron chi connectivity index (χ1n) is 24.7. The fraction of sp³-hybridized carbons (Fsp3) is 0.554. The highest BCUT2D eigenvalue weighted by Crippen LogP contribution is 2.54. The molecular formula is C56H72N3O7+. The third kappa shape index (κ3) is 11.4. The van der Waals surface area contributed by atoms with Gasteiger partial charge in [-0.05, 0) is 142 Å². The van der Waals surface area contributed by atoms with Crippen LogP contribution in [-0.2, 0) is 22.4 Å². The van der Waals surface area contributed by atoms with Gasteiger partial charge >= 0.3 is 0 Å². The van der Waals surface area contributed by atoms with E-state index in [-0.39, 0.29) is 59.7 Å². The number of benzene rings is 2. The standard InChI is InChI=1S/C56H71N3O7/c1-5-12-46(55(65)56(22-10-7-11-23-56)53-31-43(34-59-53)35(2)15-20-49(62)36(3)60)42-27-38(25-37-21-24-58-54(57)28-37)26-40-17-19-45(39-13-8-6-9-14-39)47-33-51(64)52(66-4)30-41(47)16-18-44(61)32-50(63)48(40)29-42/h6,8-9,13-14,21,24,28,30-31,33-36,38,40,42,45-46,48-49,55,60,62,65H,5,7,10-12,15-16,18,20,22-23,25-27,29,32H2,1-4H3,(H2-,57,58,64)/p+1. The molecule has 4 aliphatic rings. The summed E-state index contributed by atoms with van der Waals surface area (Å²) in [5.74, 6) is 7.75. The number of aliphatic hydroxyl groups excluding tert-OH is 3. The van der Waals surface area contributed by atoms with Crippen LogP contribution < -0.4 is 10.5 Å². The molecule has 6 N–H and O–H groups in total. The number of nitrogens with zero attached hydrogens (tertiary/aromatic N) is 2. The summed E-state index contributed by atoms with van der Waals surface area (Å²) in [6, 6.07) is 17.5. The Kier molecular flexibility index (Phi) is 16.5. The number of allylic oxidation sites excluding steroid dienone is 1. The van der Waals surface area contributed by atoms with Crippen LogP contribution in [0.5, 0.6) is 11.5 Å². The quantitative estimate of drug-likeness (QED) is 0.0566. The van der Waals surface area contributed by atoms with Crippen LogP contribution in [0.3, 0.4) is 0 Å². The topological polar surface area (TPSA) is 176 Å². The van der Waals surface area contributed by atoms with Gasteiger partial charge in [-0.25, -0.2) is 4.98 Å². The number of anilines is 1. The second-order valence-corrected chi connectivity index (χ2v) is 20.1. The minimum absolute atomic E-state index is 0.00551. The van der Waals surface area contributed by atoms with E-state index in [0.717, 1.165) is 85.2 Å². The number of aromatic hydroxyl groups is 1. The minimum Gasteiger partial charge on any atom is -0.504 e. The smallest absolute Gasteiger partial charge is 0.183 e. The van der Waals surface area contributed by atoms with Gasteiger partial charge in [-0.15, -0.1) is 4.99 Å². The number of aromatic nitrogens is 1. The molecule has 1 aliphatic heterocycles. The van der Waals surface area contributed by atoms with Crippen molar-refractivity contribution in [2.45, 2.75) is 148 Å². The molecule has 0 bridgehead atoms. The van der Waals surface area contributed by atoms with Crippen molar-refractivity contribution in [2.75, 3.05) is 12.8 Å². The van der Waals surface area contributed by atoms with E-state index >= 15 is 0 Å². The van der Waals surface area contributed by atoms with E-state index in [9.17, 15) is 30.0 Å². The molecule has 10 atom stereocenters. The first-order valence-corrected chi connectivity index (χ1v) is 24.7. The zero-order valence-corrected chi connectivity index (χ0v) is 39.5. The van der Waals surface area contributed by atoms with Crippen molar-refractivity contribution in [1.82, 2.24) is 4.98 Å². The number of rotatable bonds is 15. The summed E-state index contributed by atoms with van der Waals surface area (Å²) in [5, 5.41) is 44.6. The zero-order chi connectivity index (χ0) is 47.0. The molecular weight excluding hydrogens is 827 g/mol. The Morgan fingerprint density at radius 1 is 0.939 bits per heavy atom. The van der Waals surface area contributed by atoms with Crippen molar-refractivity contribution >= 4 is 23.6 Å². The van der Waals surface area contributed by atoms with E-state index in [0.29, 0.717) is 50.1 Å². The summed E-state index contributed by atoms with van der Waals surface area (Å²) < 4.78 is 5.51. The van der Waals surface area contributed by atoms with Crippen LogP contribution in [0.15, 0.2) is 77.6 Å². The van der Waals surface area contributed by atoms with Crippen LogP contribution in [-0.4, -0.2) is 68.6 Å². The average Bonchev–Trinajstić information content (AvgIpc) is 3.75. The first-order chi connectivity index (χ1) is 31.8. The number of carbonyl (C=O) groups excluding carboxylic acids is 2. The summed E-state index contributed by atoms with van der Waals surface area (Å²) in [5.41, 5.74) is 10.3. The number of hydrogen-bond donors (Lipinski definition) is 5. The van der Waals surface area contributed by atoms with Gasteiger partial charge in [0, 0.05) is 30.4 Å². The van der Waals surface area contributed by atoms with Crippen LogP contribution in [0.4, 0.5) is 5.82 Å². The molecule has 10 heteroatoms. The number of nitrogen functional groups attached to an aromatic ring is 1. The van der Waals surface area contributed by atoms with Crippen LogP contribution in [0, 0.1) is 58.7 Å². The molecule has 2 aromatic carbocycles. The number of methoxy groups -OCH3 is 1. The van der Waals surface area contributed by atoms with Crippen molar-refractivity contribution in [3.63, 3.8) is 0 Å². The normalized spacial score (nSPS) is 25.6. The summed E-state index contributed by atoms with van der Waals surface area (Å²) >= 11 is 0. The fourth-order valence-electron chi connectivity index (χ4n) is 11.8. The SMILES string of the molecule is CCCC(C1CC(Cc2ccnc(N)c2)CC2C#CC(c3ccccc3)c3cc(O)c(OC)cc3CCC(=O)CC(=O)C2C1)C(O)C1(C2=C[C+](C(C)CCC(O)C(C)O)C=N2)CCCCC1. The van der Waals surface area contributed by atoms with Gasteiger partial charge in [-0.2, -0.15) is 0 Å². The fourth-order valence-corrected chi connectivity index (χ4v) is 11.8. The third-order valence-electron chi connectivity index (χ3n) is 15.5. The van der Waals surface area contributed by atoms with Crippen molar-refractivity contribution in [1.29, 1.82) is 0 Å². The second kappa shape index (κ2) is 22.2. The first kappa shape index (κ1) is 49.0. The maximum atomic E-state index is 14.9. The molecule has 0 radical (unpaired) electrons. The number of ether oxygens (including phenoxy) is 1. The molecule has 66 heavy (non-hydrogen) atoms. The van der Waals surface area contributed by atoms with Crippen LogP contribution >= 0.6 is 0 Å². The molecule has 0 saturated heterocycles. The Hall–Kier alpha value is -4.95. The number of aliphatic hydroxyl groups is 3. The number of Topliss-reactive ketones (excluding diaryl/α,β-unsaturated/α-hetero) is 2. The largest absolute Gasteiger partial charge is 0.504 e. The van der Waals surface area contributed by atoms with Gasteiger partial charge in [-0.3, -0.25) is 9.59 Å². The Morgan fingerprint density at radius 2 is 1.71 bits per heavy atom. The predicted octanol–water partition coefficient (Wildman–Crippen LogP) is 9.31. The third-order valence-corrected chi connectivity index (χ3v) is 15.5. The number of phenols is 1. The summed E-state index contributed by atoms with van der Waals surface area (Å²) in [6.07, 6.45) is 14.1. The lowest BCUT2D eigenvalue weighted by Gasteiger charge is -2.43. The maximum Gasteiger partial charge on any atom is 0.183 e. The molecule has 3 aliphatic carbocycles. The Balaban J connectivity index is 1.30. The molecule has 10 unspecified atom stereocenters. The van der Waals surface area contributed by atoms with Crippen LogP contribution in [0.2, 0.25) is 0 Å². The number of nitrogens with two attached hydrogens (primary N) is 1. The lowest BCUT2D eigenvalue weighted by molar-refractivity contribution is -0.130. The molecule has 352 valence electrons. The van der Waals surface area contributed by atoms with Crippen molar-refractivity contribution in [3.8, 4) is 23.3 Å². The highest BCUT2D eigenvalue weighted by atomic mass is 16.5. The van der Waals surface area contributed by atoms with Gasteiger partial charge in [0.15, 0.2) is 17.2 Å². The lowest BCUT2D eigenvalue weighted by atomic mass is 9.61. The molecule has 2 fully saturated rings. The van der Waals surface area contributed by atoms with Gasteiger partial charge in [0.25, 0.3) is 0 Å². The Bertz CT molecular complexity index is 2260. The molecule has 1 aromatic heterocycles. The van der Waals surface area contributed by atoms with Gasteiger partial charge < -0.3 is 30.9 Å². The lowest BCUT2D eigenvalue weighted by Crippen LogP contribution is -2.46. The number of fused-ring (bicyclic) bond motifs is 2. The van der Waals surface area contributed by atoms with Crippen molar-refractivity contribution in [3.05, 3.63) is 101 Å². The number of hydrogen-bond acceptors (Lipinski definition) is 10. The van der Waals surface area contributed by atoms with E-state index in [1.807, 2.05) is 48.7 Å². The van der Waals surface area contributed by atoms with Gasteiger partial charge in [0.1, 0.15) is 41.0 Å². The zero-order valence-electron chi connectivity index (χ0n) is 39.5. The molecule has 10 nitrogen and oxygen atoms in total. The van der Waals surface area contributed by atoms with Crippen molar-refractivity contribution < 1.29 is 34.8 Å². The average molecular weight is 899 g/mol. The molecule has 3 aromatic rings. The highest BCUT2D eigenvalue weighted by Gasteiger charge is 2.54. The van der Waals surface area contributed by atoms with Crippen LogP contribution in [0.25, 0.3) is 0 Å². The number of aryl methyl sites for hydroxylation is 1. The van der Waals surface area contributed by atoms with Gasteiger partial charge in [-0.1, -0.05) is 74.8 Å². The van der Waals surface area contributed by atoms with E-state index in [4.69, 9.17) is 15.5 Å². The number of phenolic OH excluding ortho intramolecular Hbond substituents is 1. The van der Waals surface area contributed by atoms with Crippen LogP contribution in [0.1, 0.15) is 139 Å². The molecule has 2 heterocycles. The molecule has 2 saturated carbocycles. The monoisotopic (exact) mass is 899 g/mol. The van der Waals surface area contributed by atoms with Crippen molar-refractivity contribution in [2.24, 2.45) is 45.9 Å². The molecule has 7 rings (SSSR count). The molecule has 0 amide bonds. The van der Waals surface area contributed by atoms with E-state index in [1.54, 1.807) is 25.3 Å². The summed E-state index contributed by atoms with van der Waals surface area (Å²) in [4.78, 5) is 38.2. The summed E-state index contributed by atoms with van der Waals surface area (Å²) in [6.45, 7) is 5.92.